The number of amides is 2. The van der Waals surface area contributed by atoms with E-state index in [1.807, 2.05) is 33.2 Å². The van der Waals surface area contributed by atoms with Crippen LogP contribution in [0.4, 0.5) is 4.79 Å². The smallest absolute Gasteiger partial charge is 0.317 e. The number of aromatic nitrogens is 1. The van der Waals surface area contributed by atoms with Crippen LogP contribution < -0.4 is 5.32 Å². The number of sulfone groups is 1. The number of nitrogens with zero attached hydrogens (tertiary/aromatic N) is 2. The molecule has 0 radical (unpaired) electrons. The second kappa shape index (κ2) is 7.38. The molecule has 0 unspecified atom stereocenters. The molecule has 7 heteroatoms. The van der Waals surface area contributed by atoms with Gasteiger partial charge >= 0.3 is 6.03 Å². The number of nitrogens with one attached hydrogen (secondary N) is 1. The molecule has 1 saturated heterocycles. The number of carbonyl (C=O) groups excluding carboxylic acids is 1. The first kappa shape index (κ1) is 17.8. The number of aryl methyl sites for hydroxylation is 2. The van der Waals surface area contributed by atoms with Crippen LogP contribution in [-0.2, 0) is 23.3 Å². The van der Waals surface area contributed by atoms with Gasteiger partial charge in [0.25, 0.3) is 0 Å². The van der Waals surface area contributed by atoms with Crippen molar-refractivity contribution in [3.8, 4) is 0 Å². The summed E-state index contributed by atoms with van der Waals surface area (Å²) in [5.74, 6) is 0.203. The van der Waals surface area contributed by atoms with Crippen molar-refractivity contribution >= 4 is 15.9 Å². The number of carbonyl (C=O) groups is 1. The van der Waals surface area contributed by atoms with Crippen LogP contribution in [0.2, 0.25) is 0 Å². The summed E-state index contributed by atoms with van der Waals surface area (Å²) in [7, 11) is -1.02. The van der Waals surface area contributed by atoms with Crippen molar-refractivity contribution in [1.82, 2.24) is 14.8 Å². The predicted molar refractivity (Wildman–Crippen MR) is 91.1 cm³/mol. The summed E-state index contributed by atoms with van der Waals surface area (Å²) in [4.78, 5) is 14.0. The minimum Gasteiger partial charge on any atom is -0.354 e. The van der Waals surface area contributed by atoms with Crippen LogP contribution in [0, 0.1) is 5.92 Å². The van der Waals surface area contributed by atoms with Gasteiger partial charge < -0.3 is 14.8 Å². The van der Waals surface area contributed by atoms with Crippen LogP contribution in [0.1, 0.15) is 26.0 Å². The average Bonchev–Trinajstić information content (AvgIpc) is 2.79. The van der Waals surface area contributed by atoms with E-state index >= 15 is 0 Å². The normalized spacial score (nSPS) is 22.4. The fourth-order valence-electron chi connectivity index (χ4n) is 2.97. The second-order valence-corrected chi connectivity index (χ2v) is 8.89. The van der Waals surface area contributed by atoms with Crippen molar-refractivity contribution in [1.29, 1.82) is 0 Å². The Kier molecular flexibility index (Phi) is 5.73. The molecule has 0 spiro atoms. The Morgan fingerprint density at radius 1 is 1.48 bits per heavy atom. The van der Waals surface area contributed by atoms with Gasteiger partial charge in [-0.3, -0.25) is 0 Å². The quantitative estimate of drug-likeness (QED) is 0.900. The standard InChI is InChI=1S/C16H27N3O3S/c1-13-11-19(9-10-23(21,22)12-13)16(20)17-14(2)6-7-15-5-4-8-18(15)3/h4-5,8,13-14H,6-7,9-12H2,1-3H3,(H,17,20)/t13-,14-/m0/s1. The molecule has 1 aliphatic rings. The first-order valence-corrected chi connectivity index (χ1v) is 9.95. The van der Waals surface area contributed by atoms with E-state index in [1.165, 1.54) is 5.69 Å². The third-order valence-electron chi connectivity index (χ3n) is 4.28. The van der Waals surface area contributed by atoms with Crippen molar-refractivity contribution in [2.45, 2.75) is 32.7 Å². The maximum Gasteiger partial charge on any atom is 0.317 e. The summed E-state index contributed by atoms with van der Waals surface area (Å²) in [6.45, 7) is 4.64. The molecule has 0 saturated carbocycles. The van der Waals surface area contributed by atoms with Crippen LogP contribution in [-0.4, -0.2) is 54.6 Å². The lowest BCUT2D eigenvalue weighted by Crippen LogP contribution is -2.46. The van der Waals surface area contributed by atoms with Crippen molar-refractivity contribution in [2.75, 3.05) is 24.6 Å². The molecule has 1 fully saturated rings. The zero-order valence-corrected chi connectivity index (χ0v) is 15.0. The number of hydrogen-bond donors (Lipinski definition) is 1. The Balaban J connectivity index is 1.84. The van der Waals surface area contributed by atoms with Gasteiger partial charge in [0.2, 0.25) is 0 Å². The van der Waals surface area contributed by atoms with Crippen molar-refractivity contribution in [3.63, 3.8) is 0 Å². The summed E-state index contributed by atoms with van der Waals surface area (Å²) >= 11 is 0. The van der Waals surface area contributed by atoms with E-state index in [0.717, 1.165) is 12.8 Å². The molecular weight excluding hydrogens is 314 g/mol. The molecular formula is C16H27N3O3S. The third-order valence-corrected chi connectivity index (χ3v) is 6.17. The van der Waals surface area contributed by atoms with Crippen LogP contribution in [0.3, 0.4) is 0 Å². The molecule has 0 bridgehead atoms. The molecule has 6 nitrogen and oxygen atoms in total. The van der Waals surface area contributed by atoms with Crippen LogP contribution in [0.5, 0.6) is 0 Å². The lowest BCUT2D eigenvalue weighted by atomic mass is 10.1. The molecule has 130 valence electrons. The highest BCUT2D eigenvalue weighted by molar-refractivity contribution is 7.91. The first-order valence-electron chi connectivity index (χ1n) is 8.13. The number of rotatable bonds is 4. The van der Waals surface area contributed by atoms with Gasteiger partial charge in [-0.25, -0.2) is 13.2 Å². The molecule has 23 heavy (non-hydrogen) atoms. The zero-order chi connectivity index (χ0) is 17.0. The van der Waals surface area contributed by atoms with E-state index in [2.05, 4.69) is 16.0 Å². The molecule has 1 N–H and O–H groups in total. The molecule has 0 aromatic carbocycles. The number of hydrogen-bond acceptors (Lipinski definition) is 3. The molecule has 2 rings (SSSR count). The molecule has 1 aromatic rings. The summed E-state index contributed by atoms with van der Waals surface area (Å²) < 4.78 is 25.6. The SMILES string of the molecule is C[C@H]1CN(C(=O)N[C@@H](C)CCc2cccn2C)CCS(=O)(=O)C1. The summed E-state index contributed by atoms with van der Waals surface area (Å²) in [6.07, 6.45) is 3.76. The average molecular weight is 341 g/mol. The van der Waals surface area contributed by atoms with Gasteiger partial charge in [-0.2, -0.15) is 0 Å². The maximum absolute atomic E-state index is 12.4. The van der Waals surface area contributed by atoms with Gasteiger partial charge in [0, 0.05) is 38.1 Å². The minimum absolute atomic E-state index is 0.0214. The van der Waals surface area contributed by atoms with E-state index in [9.17, 15) is 13.2 Å². The van der Waals surface area contributed by atoms with E-state index in [0.29, 0.717) is 6.54 Å². The van der Waals surface area contributed by atoms with Gasteiger partial charge in [-0.15, -0.1) is 0 Å². The van der Waals surface area contributed by atoms with Crippen LogP contribution in [0.25, 0.3) is 0 Å². The Hall–Kier alpha value is -1.50. The Bertz CT molecular complexity index is 639. The first-order chi connectivity index (χ1) is 10.8. The minimum atomic E-state index is -3.03. The molecule has 2 heterocycles. The lowest BCUT2D eigenvalue weighted by molar-refractivity contribution is 0.192. The van der Waals surface area contributed by atoms with E-state index in [1.54, 1.807) is 4.90 Å². The molecule has 1 aliphatic heterocycles. The van der Waals surface area contributed by atoms with E-state index < -0.39 is 9.84 Å². The van der Waals surface area contributed by atoms with Crippen molar-refractivity contribution in [3.05, 3.63) is 24.0 Å². The van der Waals surface area contributed by atoms with E-state index in [4.69, 9.17) is 0 Å². The Morgan fingerprint density at radius 2 is 2.22 bits per heavy atom. The lowest BCUT2D eigenvalue weighted by Gasteiger charge is -2.25. The summed E-state index contributed by atoms with van der Waals surface area (Å²) in [5, 5.41) is 2.99. The van der Waals surface area contributed by atoms with E-state index in [-0.39, 0.29) is 36.0 Å². The summed E-state index contributed by atoms with van der Waals surface area (Å²) in [6, 6.07) is 3.98. The largest absolute Gasteiger partial charge is 0.354 e. The third kappa shape index (κ3) is 5.27. The Morgan fingerprint density at radius 3 is 2.87 bits per heavy atom. The van der Waals surface area contributed by atoms with Crippen LogP contribution >= 0.6 is 0 Å². The molecule has 1 aromatic heterocycles. The second-order valence-electron chi connectivity index (χ2n) is 6.67. The fourth-order valence-corrected chi connectivity index (χ4v) is 4.60. The Labute approximate surface area is 138 Å². The van der Waals surface area contributed by atoms with Crippen LogP contribution in [0.15, 0.2) is 18.3 Å². The van der Waals surface area contributed by atoms with Gasteiger partial charge in [0.15, 0.2) is 9.84 Å². The van der Waals surface area contributed by atoms with Crippen molar-refractivity contribution < 1.29 is 13.2 Å². The highest BCUT2D eigenvalue weighted by Crippen LogP contribution is 2.12. The van der Waals surface area contributed by atoms with Crippen molar-refractivity contribution in [2.24, 2.45) is 13.0 Å². The topological polar surface area (TPSA) is 71.4 Å². The highest BCUT2D eigenvalue weighted by Gasteiger charge is 2.27. The molecule has 2 amide bonds. The predicted octanol–water partition coefficient (Wildman–Crippen LogP) is 1.42. The zero-order valence-electron chi connectivity index (χ0n) is 14.2. The molecule has 2 atom stereocenters. The summed E-state index contributed by atoms with van der Waals surface area (Å²) in [5.41, 5.74) is 1.24. The highest BCUT2D eigenvalue weighted by atomic mass is 32.2. The number of urea groups is 1. The monoisotopic (exact) mass is 341 g/mol. The van der Waals surface area contributed by atoms with Gasteiger partial charge in [-0.05, 0) is 37.8 Å². The fraction of sp³-hybridized carbons (Fsp3) is 0.688. The van der Waals surface area contributed by atoms with Gasteiger partial charge in [0.05, 0.1) is 11.5 Å². The molecule has 0 aliphatic carbocycles. The van der Waals surface area contributed by atoms with Gasteiger partial charge in [0.1, 0.15) is 0 Å². The van der Waals surface area contributed by atoms with Gasteiger partial charge in [-0.1, -0.05) is 6.92 Å². The maximum atomic E-state index is 12.4.